The molecule has 0 atom stereocenters. The first-order valence-corrected chi connectivity index (χ1v) is 10.9. The lowest BCUT2D eigenvalue weighted by Crippen LogP contribution is -2.20. The topological polar surface area (TPSA) is 89.5 Å². The molecule has 31 heavy (non-hydrogen) atoms. The van der Waals surface area contributed by atoms with Gasteiger partial charge in [0, 0.05) is 34.4 Å². The first-order chi connectivity index (χ1) is 14.9. The maximum atomic E-state index is 12.8. The maximum Gasteiger partial charge on any atom is 0.334 e. The summed E-state index contributed by atoms with van der Waals surface area (Å²) in [6.45, 7) is 1.51. The van der Waals surface area contributed by atoms with Crippen molar-refractivity contribution in [2.75, 3.05) is 12.4 Å². The van der Waals surface area contributed by atoms with Crippen molar-refractivity contribution in [1.29, 1.82) is 0 Å². The van der Waals surface area contributed by atoms with Gasteiger partial charge < -0.3 is 10.1 Å². The summed E-state index contributed by atoms with van der Waals surface area (Å²) in [6.07, 6.45) is 6.27. The first kappa shape index (κ1) is 22.7. The molecule has 0 unspecified atom stereocenters. The molecule has 6 heteroatoms. The molecule has 1 amide bonds. The summed E-state index contributed by atoms with van der Waals surface area (Å²) < 4.78 is 4.83. The van der Waals surface area contributed by atoms with Gasteiger partial charge >= 0.3 is 5.97 Å². The van der Waals surface area contributed by atoms with E-state index >= 15 is 0 Å². The van der Waals surface area contributed by atoms with Crippen LogP contribution in [-0.4, -0.2) is 30.6 Å². The minimum atomic E-state index is -0.414. The van der Waals surface area contributed by atoms with Gasteiger partial charge in [0.15, 0.2) is 11.6 Å². The van der Waals surface area contributed by atoms with Crippen LogP contribution in [0, 0.1) is 0 Å². The van der Waals surface area contributed by atoms with E-state index in [-0.39, 0.29) is 23.9 Å². The highest BCUT2D eigenvalue weighted by Gasteiger charge is 2.25. The largest absolute Gasteiger partial charge is 0.466 e. The average Bonchev–Trinajstić information content (AvgIpc) is 2.79. The molecule has 1 N–H and O–H groups in total. The van der Waals surface area contributed by atoms with Gasteiger partial charge in [0.2, 0.25) is 0 Å². The zero-order chi connectivity index (χ0) is 22.4. The van der Waals surface area contributed by atoms with Crippen LogP contribution >= 0.6 is 0 Å². The van der Waals surface area contributed by atoms with Crippen molar-refractivity contribution in [1.82, 2.24) is 0 Å². The molecule has 2 aliphatic carbocycles. The predicted molar refractivity (Wildman–Crippen MR) is 117 cm³/mol. The smallest absolute Gasteiger partial charge is 0.334 e. The number of hydrogen-bond donors (Lipinski definition) is 1. The van der Waals surface area contributed by atoms with Crippen molar-refractivity contribution in [3.05, 3.63) is 52.1 Å². The van der Waals surface area contributed by atoms with Gasteiger partial charge in [0.1, 0.15) is 0 Å². The quantitative estimate of drug-likeness (QED) is 0.663. The van der Waals surface area contributed by atoms with E-state index in [9.17, 15) is 19.2 Å². The van der Waals surface area contributed by atoms with E-state index in [1.54, 1.807) is 24.3 Å². The molecule has 0 aliphatic heterocycles. The molecule has 0 aromatic heterocycles. The molecule has 0 bridgehead atoms. The lowest BCUT2D eigenvalue weighted by atomic mass is 9.87. The van der Waals surface area contributed by atoms with Crippen molar-refractivity contribution in [2.24, 2.45) is 0 Å². The van der Waals surface area contributed by atoms with Crippen molar-refractivity contribution in [3.63, 3.8) is 0 Å². The minimum Gasteiger partial charge on any atom is -0.466 e. The van der Waals surface area contributed by atoms with Gasteiger partial charge in [-0.1, -0.05) is 12.1 Å². The van der Waals surface area contributed by atoms with Gasteiger partial charge in [-0.15, -0.1) is 0 Å². The third kappa shape index (κ3) is 5.57. The molecule has 1 aromatic rings. The van der Waals surface area contributed by atoms with Crippen LogP contribution in [0.5, 0.6) is 0 Å². The van der Waals surface area contributed by atoms with Gasteiger partial charge in [0.25, 0.3) is 5.91 Å². The van der Waals surface area contributed by atoms with Crippen LogP contribution in [0.15, 0.2) is 46.6 Å². The molecule has 3 rings (SSSR count). The summed E-state index contributed by atoms with van der Waals surface area (Å²) in [7, 11) is 1.34. The lowest BCUT2D eigenvalue weighted by Gasteiger charge is -2.18. The highest BCUT2D eigenvalue weighted by atomic mass is 16.5. The fourth-order valence-corrected chi connectivity index (χ4v) is 4.31. The highest BCUT2D eigenvalue weighted by molar-refractivity contribution is 6.10. The lowest BCUT2D eigenvalue weighted by molar-refractivity contribution is -0.136. The number of methoxy groups -OCH3 is 1. The number of ether oxygens (including phenoxy) is 1. The zero-order valence-corrected chi connectivity index (χ0v) is 18.2. The van der Waals surface area contributed by atoms with Crippen LogP contribution in [-0.2, 0) is 30.3 Å². The molecule has 0 radical (unpaired) electrons. The van der Waals surface area contributed by atoms with Crippen molar-refractivity contribution in [2.45, 2.75) is 64.7 Å². The molecule has 0 fully saturated rings. The number of carbonyl (C=O) groups is 4. The summed E-state index contributed by atoms with van der Waals surface area (Å²) in [6, 6.07) is 7.12. The number of amides is 1. The van der Waals surface area contributed by atoms with E-state index < -0.39 is 5.97 Å². The molecular weight excluding hydrogens is 394 g/mol. The van der Waals surface area contributed by atoms with Crippen molar-refractivity contribution >= 4 is 29.1 Å². The Labute approximate surface area is 182 Å². The maximum absolute atomic E-state index is 12.8. The van der Waals surface area contributed by atoms with Crippen LogP contribution in [0.25, 0.3) is 0 Å². The third-order valence-electron chi connectivity index (χ3n) is 5.98. The Morgan fingerprint density at radius 2 is 1.35 bits per heavy atom. The van der Waals surface area contributed by atoms with E-state index in [1.807, 2.05) is 0 Å². The van der Waals surface area contributed by atoms with Gasteiger partial charge in [-0.2, -0.15) is 0 Å². The SMILES string of the molecule is COC(=O)C1=C(C(=O)Cc2ccc(NC(=O)C3=C(C(C)=O)CCCC3)cc2)CCCC1. The number of anilines is 1. The first-order valence-electron chi connectivity index (χ1n) is 10.9. The number of nitrogens with one attached hydrogen (secondary N) is 1. The average molecular weight is 424 g/mol. The standard InChI is InChI=1S/C25H29NO5/c1-16(27)19-7-3-5-9-21(19)24(29)26-18-13-11-17(12-14-18)15-23(28)20-8-4-6-10-22(20)25(30)31-2/h11-14H,3-10,15H2,1-2H3,(H,26,29). The molecule has 1 aromatic carbocycles. The fraction of sp³-hybridized carbons (Fsp3) is 0.440. The summed E-state index contributed by atoms with van der Waals surface area (Å²) >= 11 is 0. The van der Waals surface area contributed by atoms with E-state index in [0.717, 1.165) is 31.2 Å². The molecule has 0 heterocycles. The van der Waals surface area contributed by atoms with E-state index in [2.05, 4.69) is 5.32 Å². The number of esters is 1. The third-order valence-corrected chi connectivity index (χ3v) is 5.98. The van der Waals surface area contributed by atoms with Gasteiger partial charge in [0.05, 0.1) is 7.11 Å². The number of rotatable bonds is 7. The molecule has 0 saturated carbocycles. The summed E-state index contributed by atoms with van der Waals surface area (Å²) in [4.78, 5) is 49.3. The van der Waals surface area contributed by atoms with Gasteiger partial charge in [-0.05, 0) is 76.0 Å². The number of carbonyl (C=O) groups excluding carboxylic acids is 4. The van der Waals surface area contributed by atoms with Gasteiger partial charge in [-0.3, -0.25) is 14.4 Å². The monoisotopic (exact) mass is 423 g/mol. The van der Waals surface area contributed by atoms with Crippen LogP contribution in [0.1, 0.15) is 63.9 Å². The Morgan fingerprint density at radius 1 is 0.806 bits per heavy atom. The number of hydrogen-bond acceptors (Lipinski definition) is 5. The molecule has 0 saturated heterocycles. The Kier molecular flexibility index (Phi) is 7.55. The summed E-state index contributed by atoms with van der Waals surface area (Å²) in [5.41, 5.74) is 3.73. The molecular formula is C25H29NO5. The second-order valence-corrected chi connectivity index (χ2v) is 8.13. The second-order valence-electron chi connectivity index (χ2n) is 8.13. The number of allylic oxidation sites excluding steroid dienone is 2. The summed E-state index contributed by atoms with van der Waals surface area (Å²) in [5.74, 6) is -0.746. The van der Waals surface area contributed by atoms with Crippen molar-refractivity contribution in [3.8, 4) is 0 Å². The second kappa shape index (κ2) is 10.3. The molecule has 0 spiro atoms. The Balaban J connectivity index is 1.68. The minimum absolute atomic E-state index is 0.0398. The van der Waals surface area contributed by atoms with Crippen LogP contribution < -0.4 is 5.32 Å². The molecule has 6 nitrogen and oxygen atoms in total. The van der Waals surface area contributed by atoms with Crippen LogP contribution in [0.3, 0.4) is 0 Å². The number of benzene rings is 1. The van der Waals surface area contributed by atoms with Gasteiger partial charge in [-0.25, -0.2) is 4.79 Å². The van der Waals surface area contributed by atoms with E-state index in [4.69, 9.17) is 4.74 Å². The zero-order valence-electron chi connectivity index (χ0n) is 18.2. The van der Waals surface area contributed by atoms with Crippen molar-refractivity contribution < 1.29 is 23.9 Å². The van der Waals surface area contributed by atoms with Crippen LogP contribution in [0.4, 0.5) is 5.69 Å². The predicted octanol–water partition coefficient (Wildman–Crippen LogP) is 4.24. The Bertz CT molecular complexity index is 953. The summed E-state index contributed by atoms with van der Waals surface area (Å²) in [5, 5.41) is 2.87. The molecule has 164 valence electrons. The number of ketones is 2. The fourth-order valence-electron chi connectivity index (χ4n) is 4.31. The Morgan fingerprint density at radius 3 is 1.94 bits per heavy atom. The molecule has 2 aliphatic rings. The highest BCUT2D eigenvalue weighted by Crippen LogP contribution is 2.28. The van der Waals surface area contributed by atoms with E-state index in [1.165, 1.54) is 14.0 Å². The normalized spacial score (nSPS) is 16.7. The van der Waals surface area contributed by atoms with Crippen LogP contribution in [0.2, 0.25) is 0 Å². The number of Topliss-reactive ketones (excluding diaryl/α,β-unsaturated/α-hetero) is 2. The van der Waals surface area contributed by atoms with E-state index in [0.29, 0.717) is 53.7 Å². The Hall–Kier alpha value is -3.02.